The van der Waals surface area contributed by atoms with Crippen molar-refractivity contribution in [3.63, 3.8) is 0 Å². The molecule has 0 aliphatic heterocycles. The lowest BCUT2D eigenvalue weighted by Gasteiger charge is -2.29. The van der Waals surface area contributed by atoms with E-state index in [1.54, 1.807) is 6.08 Å². The topological polar surface area (TPSA) is 29.1 Å². The van der Waals surface area contributed by atoms with Crippen molar-refractivity contribution in [1.82, 2.24) is 0 Å². The molecule has 0 amide bonds. The van der Waals surface area contributed by atoms with Crippen molar-refractivity contribution >= 4 is 11.5 Å². The number of nitrogens with one attached hydrogen (secondary N) is 1. The Balaban J connectivity index is 1.80. The maximum absolute atomic E-state index is 11.8. The first kappa shape index (κ1) is 12.5. The molecule has 0 fully saturated rings. The predicted octanol–water partition coefficient (Wildman–Crippen LogP) is 3.86. The van der Waals surface area contributed by atoms with Crippen molar-refractivity contribution in [1.29, 1.82) is 0 Å². The van der Waals surface area contributed by atoms with E-state index in [1.165, 1.54) is 30.4 Å². The largest absolute Gasteiger partial charge is 0.359 e. The molecule has 2 aliphatic carbocycles. The second-order valence-electron chi connectivity index (χ2n) is 6.62. The van der Waals surface area contributed by atoms with Gasteiger partial charge in [0.05, 0.1) is 0 Å². The highest BCUT2D eigenvalue weighted by molar-refractivity contribution is 5.92. The molecule has 1 aromatic rings. The summed E-state index contributed by atoms with van der Waals surface area (Å²) in [5.74, 6) is 0.236. The van der Waals surface area contributed by atoms with Crippen LogP contribution in [0.15, 0.2) is 30.0 Å². The molecule has 2 aliphatic rings. The van der Waals surface area contributed by atoms with E-state index in [4.69, 9.17) is 0 Å². The monoisotopic (exact) mass is 255 g/mol. The number of benzene rings is 1. The van der Waals surface area contributed by atoms with Crippen LogP contribution in [0, 0.1) is 5.41 Å². The number of fused-ring (bicyclic) bond motifs is 1. The normalized spacial score (nSPS) is 20.9. The van der Waals surface area contributed by atoms with Gasteiger partial charge < -0.3 is 5.32 Å². The number of carbonyl (C=O) groups is 1. The van der Waals surface area contributed by atoms with Crippen LogP contribution in [0.5, 0.6) is 0 Å². The minimum Gasteiger partial charge on any atom is -0.359 e. The van der Waals surface area contributed by atoms with Crippen molar-refractivity contribution < 1.29 is 4.79 Å². The molecule has 1 aromatic carbocycles. The van der Waals surface area contributed by atoms with Gasteiger partial charge in [-0.15, -0.1) is 0 Å². The van der Waals surface area contributed by atoms with E-state index in [2.05, 4.69) is 37.4 Å². The fourth-order valence-corrected chi connectivity index (χ4v) is 3.26. The lowest BCUT2D eigenvalue weighted by Crippen LogP contribution is -2.24. The number of anilines is 1. The lowest BCUT2D eigenvalue weighted by molar-refractivity contribution is -0.117. The number of hydrogen-bond acceptors (Lipinski definition) is 2. The summed E-state index contributed by atoms with van der Waals surface area (Å²) < 4.78 is 0. The van der Waals surface area contributed by atoms with Crippen molar-refractivity contribution in [2.75, 3.05) is 5.32 Å². The van der Waals surface area contributed by atoms with Gasteiger partial charge in [0, 0.05) is 23.9 Å². The first-order valence-electron chi connectivity index (χ1n) is 7.14. The maximum atomic E-state index is 11.8. The van der Waals surface area contributed by atoms with E-state index in [9.17, 15) is 4.79 Å². The van der Waals surface area contributed by atoms with Crippen molar-refractivity contribution in [3.8, 4) is 0 Å². The van der Waals surface area contributed by atoms with Gasteiger partial charge in [-0.25, -0.2) is 0 Å². The van der Waals surface area contributed by atoms with Crippen LogP contribution in [0.2, 0.25) is 0 Å². The quantitative estimate of drug-likeness (QED) is 0.869. The first-order valence-corrected chi connectivity index (χ1v) is 7.14. The maximum Gasteiger partial charge on any atom is 0.157 e. The number of allylic oxidation sites excluding steroid dienone is 2. The average Bonchev–Trinajstić information content (AvgIpc) is 2.73. The minimum atomic E-state index is 0.0743. The Kier molecular flexibility index (Phi) is 2.96. The average molecular weight is 255 g/mol. The van der Waals surface area contributed by atoms with E-state index < -0.39 is 0 Å². The van der Waals surface area contributed by atoms with E-state index >= 15 is 0 Å². The molecule has 0 radical (unpaired) electrons. The summed E-state index contributed by atoms with van der Waals surface area (Å²) >= 11 is 0. The summed E-state index contributed by atoms with van der Waals surface area (Å²) in [5.41, 5.74) is 5.20. The standard InChI is InChI=1S/C17H21NO/c1-17(2)10-15(9-16(19)11-17)18-14-7-6-12-4-3-5-13(12)8-14/h6-9,18H,3-5,10-11H2,1-2H3. The highest BCUT2D eigenvalue weighted by atomic mass is 16.1. The van der Waals surface area contributed by atoms with Crippen LogP contribution in [-0.2, 0) is 17.6 Å². The third kappa shape index (κ3) is 2.73. The molecular formula is C17H21NO. The summed E-state index contributed by atoms with van der Waals surface area (Å²) in [5, 5.41) is 3.44. The van der Waals surface area contributed by atoms with Crippen LogP contribution in [0.3, 0.4) is 0 Å². The minimum absolute atomic E-state index is 0.0743. The van der Waals surface area contributed by atoms with Crippen LogP contribution in [-0.4, -0.2) is 5.78 Å². The van der Waals surface area contributed by atoms with Crippen LogP contribution in [0.4, 0.5) is 5.69 Å². The molecule has 3 rings (SSSR count). The van der Waals surface area contributed by atoms with Crippen molar-refractivity contribution in [2.45, 2.75) is 46.0 Å². The second kappa shape index (κ2) is 4.52. The molecule has 2 nitrogen and oxygen atoms in total. The predicted molar refractivity (Wildman–Crippen MR) is 78.2 cm³/mol. The zero-order valence-corrected chi connectivity index (χ0v) is 11.8. The van der Waals surface area contributed by atoms with Crippen molar-refractivity contribution in [3.05, 3.63) is 41.1 Å². The number of carbonyl (C=O) groups excluding carboxylic acids is 1. The molecule has 0 spiro atoms. The number of rotatable bonds is 2. The summed E-state index contributed by atoms with van der Waals surface area (Å²) in [6.45, 7) is 4.31. The fourth-order valence-electron chi connectivity index (χ4n) is 3.26. The summed E-state index contributed by atoms with van der Waals surface area (Å²) in [6, 6.07) is 6.60. The third-order valence-electron chi connectivity index (χ3n) is 4.06. The molecule has 0 atom stereocenters. The van der Waals surface area contributed by atoms with Crippen LogP contribution >= 0.6 is 0 Å². The molecule has 0 saturated carbocycles. The summed E-state index contributed by atoms with van der Waals surface area (Å²) in [6.07, 6.45) is 7.04. The molecule has 0 aromatic heterocycles. The van der Waals surface area contributed by atoms with Gasteiger partial charge >= 0.3 is 0 Å². The molecule has 0 bridgehead atoms. The molecule has 0 unspecified atom stereocenters. The van der Waals surface area contributed by atoms with E-state index in [1.807, 2.05) is 0 Å². The molecule has 0 saturated heterocycles. The van der Waals surface area contributed by atoms with Gasteiger partial charge in [0.15, 0.2) is 5.78 Å². The molecule has 19 heavy (non-hydrogen) atoms. The van der Waals surface area contributed by atoms with Crippen LogP contribution < -0.4 is 5.32 Å². The number of hydrogen-bond donors (Lipinski definition) is 1. The molecular weight excluding hydrogens is 234 g/mol. The zero-order valence-electron chi connectivity index (χ0n) is 11.8. The van der Waals surface area contributed by atoms with Gasteiger partial charge in [-0.05, 0) is 54.4 Å². The van der Waals surface area contributed by atoms with Gasteiger partial charge in [-0.2, -0.15) is 0 Å². The Morgan fingerprint density at radius 3 is 2.68 bits per heavy atom. The Hall–Kier alpha value is -1.57. The Labute approximate surface area is 114 Å². The Morgan fingerprint density at radius 2 is 1.89 bits per heavy atom. The molecule has 0 heterocycles. The smallest absolute Gasteiger partial charge is 0.157 e. The van der Waals surface area contributed by atoms with Gasteiger partial charge in [0.1, 0.15) is 0 Å². The highest BCUT2D eigenvalue weighted by Crippen LogP contribution is 2.34. The summed E-state index contributed by atoms with van der Waals surface area (Å²) in [4.78, 5) is 11.8. The van der Waals surface area contributed by atoms with Gasteiger partial charge in [0.2, 0.25) is 0 Å². The Bertz CT molecular complexity index is 554. The molecule has 100 valence electrons. The number of aryl methyl sites for hydroxylation is 2. The van der Waals surface area contributed by atoms with Crippen LogP contribution in [0.1, 0.15) is 44.2 Å². The highest BCUT2D eigenvalue weighted by Gasteiger charge is 2.27. The molecule has 1 N–H and O–H groups in total. The Morgan fingerprint density at radius 1 is 1.11 bits per heavy atom. The van der Waals surface area contributed by atoms with Crippen LogP contribution in [0.25, 0.3) is 0 Å². The fraction of sp³-hybridized carbons (Fsp3) is 0.471. The van der Waals surface area contributed by atoms with Gasteiger partial charge in [-0.1, -0.05) is 19.9 Å². The second-order valence-corrected chi connectivity index (χ2v) is 6.62. The molecule has 2 heteroatoms. The zero-order chi connectivity index (χ0) is 13.5. The first-order chi connectivity index (χ1) is 9.02. The summed E-state index contributed by atoms with van der Waals surface area (Å²) in [7, 11) is 0. The van der Waals surface area contributed by atoms with E-state index in [0.29, 0.717) is 6.42 Å². The SMILES string of the molecule is CC1(C)CC(=O)C=C(Nc2ccc3c(c2)CCC3)C1. The van der Waals surface area contributed by atoms with E-state index in [-0.39, 0.29) is 11.2 Å². The number of ketones is 1. The van der Waals surface area contributed by atoms with Gasteiger partial charge in [0.25, 0.3) is 0 Å². The third-order valence-corrected chi connectivity index (χ3v) is 4.06. The van der Waals surface area contributed by atoms with Crippen molar-refractivity contribution in [2.24, 2.45) is 5.41 Å². The lowest BCUT2D eigenvalue weighted by atomic mass is 9.79. The van der Waals surface area contributed by atoms with Gasteiger partial charge in [-0.3, -0.25) is 4.79 Å². The van der Waals surface area contributed by atoms with E-state index in [0.717, 1.165) is 17.8 Å².